The first kappa shape index (κ1) is 15.6. The van der Waals surface area contributed by atoms with E-state index in [9.17, 15) is 22.0 Å². The number of hydrogen-bond acceptors (Lipinski definition) is 3. The smallest absolute Gasteiger partial charge is 0.413 e. The Bertz CT molecular complexity index is 380. The van der Waals surface area contributed by atoms with E-state index >= 15 is 0 Å². The second kappa shape index (κ2) is 6.67. The largest absolute Gasteiger partial charge is 0.435 e. The summed E-state index contributed by atoms with van der Waals surface area (Å²) in [7, 11) is 0. The lowest BCUT2D eigenvalue weighted by molar-refractivity contribution is -0.192. The van der Waals surface area contributed by atoms with Crippen molar-refractivity contribution in [2.45, 2.75) is 25.8 Å². The number of hydrogen-bond donors (Lipinski definition) is 1. The Kier molecular flexibility index (Phi) is 5.49. The molecule has 1 N–H and O–H groups in total. The van der Waals surface area contributed by atoms with Crippen LogP contribution < -0.4 is 10.2 Å². The molecule has 0 saturated heterocycles. The molecule has 0 aromatic heterocycles. The molecule has 3 nitrogen and oxygen atoms in total. The molecule has 0 aliphatic carbocycles. The Labute approximate surface area is 106 Å². The van der Waals surface area contributed by atoms with Gasteiger partial charge in [0.2, 0.25) is 0 Å². The number of ether oxygens (including phenoxy) is 1. The van der Waals surface area contributed by atoms with Crippen LogP contribution in [0.5, 0.6) is 5.75 Å². The summed E-state index contributed by atoms with van der Waals surface area (Å²) in [6.07, 6.45) is -4.41. The number of nitrogens with one attached hydrogen (secondary N) is 1. The lowest BCUT2D eigenvalue weighted by Gasteiger charge is -2.15. The minimum Gasteiger partial charge on any atom is -0.435 e. The molecule has 0 spiro atoms. The average Bonchev–Trinajstić information content (AvgIpc) is 2.27. The maximum Gasteiger partial charge on any atom is 0.413 e. The van der Waals surface area contributed by atoms with Gasteiger partial charge >= 0.3 is 12.8 Å². The van der Waals surface area contributed by atoms with Crippen molar-refractivity contribution in [3.63, 3.8) is 0 Å². The Balaban J connectivity index is 2.46. The second-order valence-electron chi connectivity index (χ2n) is 3.69. The number of rotatable bonds is 6. The summed E-state index contributed by atoms with van der Waals surface area (Å²) in [6, 6.07) is 4.97. The fourth-order valence-electron chi connectivity index (χ4n) is 1.25. The van der Waals surface area contributed by atoms with Crippen molar-refractivity contribution < 1.29 is 31.5 Å². The highest BCUT2D eigenvalue weighted by Gasteiger charge is 2.28. The highest BCUT2D eigenvalue weighted by atomic mass is 19.4. The predicted molar refractivity (Wildman–Crippen MR) is 56.6 cm³/mol. The van der Waals surface area contributed by atoms with E-state index in [-0.39, 0.29) is 5.75 Å². The summed E-state index contributed by atoms with van der Waals surface area (Å²) in [5, 5.41) is 0. The van der Waals surface area contributed by atoms with Gasteiger partial charge in [0.1, 0.15) is 5.75 Å². The first-order chi connectivity index (χ1) is 8.78. The molecule has 0 amide bonds. The summed E-state index contributed by atoms with van der Waals surface area (Å²) in [4.78, 5) is 4.28. The van der Waals surface area contributed by atoms with Crippen LogP contribution in [0, 0.1) is 0 Å². The second-order valence-corrected chi connectivity index (χ2v) is 3.69. The zero-order valence-corrected chi connectivity index (χ0v) is 9.88. The molecule has 0 radical (unpaired) electrons. The summed E-state index contributed by atoms with van der Waals surface area (Å²) >= 11 is 0. The molecule has 108 valence electrons. The van der Waals surface area contributed by atoms with Gasteiger partial charge in [0.05, 0.1) is 6.04 Å². The first-order valence-electron chi connectivity index (χ1n) is 5.27. The third-order valence-corrected chi connectivity index (χ3v) is 2.10. The van der Waals surface area contributed by atoms with Crippen LogP contribution in [0.25, 0.3) is 0 Å². The maximum atomic E-state index is 11.9. The third kappa shape index (κ3) is 6.35. The fourth-order valence-corrected chi connectivity index (χ4v) is 1.25. The molecule has 1 atom stereocenters. The zero-order valence-electron chi connectivity index (χ0n) is 9.88. The van der Waals surface area contributed by atoms with Crippen molar-refractivity contribution in [2.24, 2.45) is 0 Å². The van der Waals surface area contributed by atoms with Gasteiger partial charge in [0, 0.05) is 0 Å². The zero-order chi connectivity index (χ0) is 14.5. The monoisotopic (exact) mass is 285 g/mol. The summed E-state index contributed by atoms with van der Waals surface area (Å²) < 4.78 is 63.4. The predicted octanol–water partition coefficient (Wildman–Crippen LogP) is 3.43. The van der Waals surface area contributed by atoms with E-state index in [1.54, 1.807) is 6.92 Å². The van der Waals surface area contributed by atoms with Crippen molar-refractivity contribution >= 4 is 0 Å². The van der Waals surface area contributed by atoms with E-state index in [2.05, 4.69) is 15.1 Å². The topological polar surface area (TPSA) is 30.5 Å². The first-order valence-corrected chi connectivity index (χ1v) is 5.27. The highest BCUT2D eigenvalue weighted by Crippen LogP contribution is 2.20. The fraction of sp³-hybridized carbons (Fsp3) is 0.455. The number of benzene rings is 1. The highest BCUT2D eigenvalue weighted by molar-refractivity contribution is 5.28. The van der Waals surface area contributed by atoms with Crippen LogP contribution in [-0.4, -0.2) is 19.4 Å². The van der Waals surface area contributed by atoms with Gasteiger partial charge in [-0.15, -0.1) is 0 Å². The molecule has 0 aliphatic rings. The molecule has 1 aromatic carbocycles. The Morgan fingerprint density at radius 3 is 2.21 bits per heavy atom. The van der Waals surface area contributed by atoms with E-state index in [1.807, 2.05) is 0 Å². The standard InChI is InChI=1S/C11H12F5NO2/c1-7(17-18-6-11(14,15)16)8-2-4-9(5-3-8)19-10(12)13/h2-5,7,10,17H,6H2,1H3. The minimum atomic E-state index is -4.41. The van der Waals surface area contributed by atoms with Crippen LogP contribution in [0.15, 0.2) is 24.3 Å². The molecule has 1 unspecified atom stereocenters. The average molecular weight is 285 g/mol. The Morgan fingerprint density at radius 2 is 1.74 bits per heavy atom. The van der Waals surface area contributed by atoms with Crippen molar-refractivity contribution in [3.8, 4) is 5.75 Å². The van der Waals surface area contributed by atoms with Crippen LogP contribution in [-0.2, 0) is 4.84 Å². The Hall–Kier alpha value is -1.41. The summed E-state index contributed by atoms with van der Waals surface area (Å²) in [6.45, 7) is -2.76. The van der Waals surface area contributed by atoms with Crippen LogP contribution in [0.2, 0.25) is 0 Å². The van der Waals surface area contributed by atoms with Gasteiger partial charge in [-0.05, 0) is 24.6 Å². The van der Waals surface area contributed by atoms with Gasteiger partial charge in [-0.25, -0.2) is 0 Å². The third-order valence-electron chi connectivity index (χ3n) is 2.10. The molecule has 8 heteroatoms. The van der Waals surface area contributed by atoms with Gasteiger partial charge in [-0.3, -0.25) is 4.84 Å². The summed E-state index contributed by atoms with van der Waals surface area (Å²) in [5.74, 6) is -0.0258. The molecular weight excluding hydrogens is 273 g/mol. The normalized spacial score (nSPS) is 13.6. The SMILES string of the molecule is CC(NOCC(F)(F)F)c1ccc(OC(F)F)cc1. The van der Waals surface area contributed by atoms with Crippen LogP contribution in [0.3, 0.4) is 0 Å². The molecule has 0 aliphatic heterocycles. The molecule has 0 heterocycles. The van der Waals surface area contributed by atoms with Gasteiger partial charge in [-0.1, -0.05) is 12.1 Å². The number of alkyl halides is 5. The lowest BCUT2D eigenvalue weighted by Crippen LogP contribution is -2.26. The van der Waals surface area contributed by atoms with Crippen LogP contribution in [0.1, 0.15) is 18.5 Å². The van der Waals surface area contributed by atoms with Gasteiger partial charge in [0.25, 0.3) is 0 Å². The van der Waals surface area contributed by atoms with Crippen molar-refractivity contribution in [3.05, 3.63) is 29.8 Å². The molecule has 0 fully saturated rings. The Morgan fingerprint density at radius 1 is 1.16 bits per heavy atom. The lowest BCUT2D eigenvalue weighted by atomic mass is 10.1. The molecule has 0 saturated carbocycles. The van der Waals surface area contributed by atoms with Gasteiger partial charge < -0.3 is 4.74 Å². The van der Waals surface area contributed by atoms with Crippen molar-refractivity contribution in [1.82, 2.24) is 5.48 Å². The van der Waals surface area contributed by atoms with Crippen molar-refractivity contribution in [1.29, 1.82) is 0 Å². The molecule has 1 aromatic rings. The molecule has 1 rings (SSSR count). The van der Waals surface area contributed by atoms with Gasteiger partial charge in [0.15, 0.2) is 6.61 Å². The van der Waals surface area contributed by atoms with E-state index in [0.29, 0.717) is 5.56 Å². The maximum absolute atomic E-state index is 11.9. The van der Waals surface area contributed by atoms with Gasteiger partial charge in [-0.2, -0.15) is 27.4 Å². The number of hydroxylamine groups is 1. The van der Waals surface area contributed by atoms with E-state index in [0.717, 1.165) is 0 Å². The quantitative estimate of drug-likeness (QED) is 0.641. The molecule has 0 bridgehead atoms. The summed E-state index contributed by atoms with van der Waals surface area (Å²) in [5.41, 5.74) is 2.78. The number of halogens is 5. The molecular formula is C11H12F5NO2. The van der Waals surface area contributed by atoms with Crippen LogP contribution in [0.4, 0.5) is 22.0 Å². The molecule has 19 heavy (non-hydrogen) atoms. The van der Waals surface area contributed by atoms with E-state index in [4.69, 9.17) is 0 Å². The van der Waals surface area contributed by atoms with E-state index in [1.165, 1.54) is 24.3 Å². The van der Waals surface area contributed by atoms with Crippen molar-refractivity contribution in [2.75, 3.05) is 6.61 Å². The van der Waals surface area contributed by atoms with E-state index < -0.39 is 25.4 Å². The van der Waals surface area contributed by atoms with Crippen LogP contribution >= 0.6 is 0 Å². The minimum absolute atomic E-state index is 0.0258.